The smallest absolute Gasteiger partial charge is 0.342 e. The standard InChI is InChI=1S/C21H24N2O5/c1-21(2,3)23-20(26)22-18(24)14-28-19(25)16-11-7-8-12-17(16)27-13-15-9-5-4-6-10-15/h4-12H,13-14H2,1-3H3,(H2,22,23,24,26). The fraction of sp³-hybridized carbons (Fsp3) is 0.286. The van der Waals surface area contributed by atoms with E-state index < -0.39 is 30.1 Å². The molecule has 28 heavy (non-hydrogen) atoms. The molecule has 0 unspecified atom stereocenters. The van der Waals surface area contributed by atoms with Crippen LogP contribution in [0.2, 0.25) is 0 Å². The number of imide groups is 1. The SMILES string of the molecule is CC(C)(C)NC(=O)NC(=O)COC(=O)c1ccccc1OCc1ccccc1. The highest BCUT2D eigenvalue weighted by Gasteiger charge is 2.18. The molecule has 0 radical (unpaired) electrons. The van der Waals surface area contributed by atoms with Crippen LogP contribution in [-0.2, 0) is 16.1 Å². The van der Waals surface area contributed by atoms with Gasteiger partial charge in [-0.2, -0.15) is 0 Å². The van der Waals surface area contributed by atoms with Gasteiger partial charge in [-0.25, -0.2) is 9.59 Å². The van der Waals surface area contributed by atoms with Crippen molar-refractivity contribution in [2.45, 2.75) is 32.9 Å². The van der Waals surface area contributed by atoms with Crippen LogP contribution in [0.1, 0.15) is 36.7 Å². The van der Waals surface area contributed by atoms with E-state index in [2.05, 4.69) is 10.6 Å². The number of esters is 1. The van der Waals surface area contributed by atoms with Gasteiger partial charge in [-0.3, -0.25) is 10.1 Å². The Kier molecular flexibility index (Phi) is 7.14. The molecule has 0 saturated heterocycles. The number of nitrogens with one attached hydrogen (secondary N) is 2. The van der Waals surface area contributed by atoms with Crippen LogP contribution in [0.3, 0.4) is 0 Å². The van der Waals surface area contributed by atoms with Crippen molar-refractivity contribution in [3.63, 3.8) is 0 Å². The van der Waals surface area contributed by atoms with Gasteiger partial charge in [0.2, 0.25) is 0 Å². The lowest BCUT2D eigenvalue weighted by Gasteiger charge is -2.20. The number of carbonyl (C=O) groups excluding carboxylic acids is 3. The number of carbonyl (C=O) groups is 3. The fourth-order valence-electron chi connectivity index (χ4n) is 2.24. The average molecular weight is 384 g/mol. The summed E-state index contributed by atoms with van der Waals surface area (Å²) in [6.45, 7) is 5.05. The lowest BCUT2D eigenvalue weighted by molar-refractivity contribution is -0.123. The summed E-state index contributed by atoms with van der Waals surface area (Å²) >= 11 is 0. The molecule has 0 aromatic heterocycles. The molecular weight excluding hydrogens is 360 g/mol. The Morgan fingerprint density at radius 2 is 1.57 bits per heavy atom. The first-order valence-corrected chi connectivity index (χ1v) is 8.79. The van der Waals surface area contributed by atoms with Gasteiger partial charge in [-0.05, 0) is 38.5 Å². The van der Waals surface area contributed by atoms with E-state index in [9.17, 15) is 14.4 Å². The monoisotopic (exact) mass is 384 g/mol. The van der Waals surface area contributed by atoms with Crippen molar-refractivity contribution in [3.05, 3.63) is 65.7 Å². The van der Waals surface area contributed by atoms with Crippen molar-refractivity contribution in [3.8, 4) is 5.75 Å². The summed E-state index contributed by atoms with van der Waals surface area (Å²) in [6, 6.07) is 15.5. The van der Waals surface area contributed by atoms with Crippen LogP contribution in [-0.4, -0.2) is 30.1 Å². The average Bonchev–Trinajstić information content (AvgIpc) is 2.64. The minimum atomic E-state index is -0.724. The minimum Gasteiger partial charge on any atom is -0.488 e. The van der Waals surface area contributed by atoms with Crippen molar-refractivity contribution in [2.75, 3.05) is 6.61 Å². The van der Waals surface area contributed by atoms with Crippen LogP contribution < -0.4 is 15.4 Å². The fourth-order valence-corrected chi connectivity index (χ4v) is 2.24. The Morgan fingerprint density at radius 1 is 0.929 bits per heavy atom. The number of hydrogen-bond donors (Lipinski definition) is 2. The van der Waals surface area contributed by atoms with E-state index in [-0.39, 0.29) is 5.56 Å². The van der Waals surface area contributed by atoms with Gasteiger partial charge in [0.15, 0.2) is 6.61 Å². The first-order valence-electron chi connectivity index (χ1n) is 8.79. The molecule has 7 heteroatoms. The second kappa shape index (κ2) is 9.55. The van der Waals surface area contributed by atoms with Gasteiger partial charge in [0.1, 0.15) is 17.9 Å². The maximum Gasteiger partial charge on any atom is 0.342 e. The lowest BCUT2D eigenvalue weighted by atomic mass is 10.1. The van der Waals surface area contributed by atoms with Crippen LogP contribution in [0, 0.1) is 0 Å². The van der Waals surface area contributed by atoms with Gasteiger partial charge in [0.05, 0.1) is 0 Å². The Labute approximate surface area is 164 Å². The molecule has 148 valence electrons. The highest BCUT2D eigenvalue weighted by molar-refractivity contribution is 5.97. The highest BCUT2D eigenvalue weighted by Crippen LogP contribution is 2.20. The van der Waals surface area contributed by atoms with Crippen molar-refractivity contribution in [1.82, 2.24) is 10.6 Å². The lowest BCUT2D eigenvalue weighted by Crippen LogP contribution is -2.49. The van der Waals surface area contributed by atoms with Crippen LogP contribution >= 0.6 is 0 Å². The number of benzene rings is 2. The van der Waals surface area contributed by atoms with Gasteiger partial charge in [0.25, 0.3) is 5.91 Å². The summed E-state index contributed by atoms with van der Waals surface area (Å²) in [6.07, 6.45) is 0. The molecule has 7 nitrogen and oxygen atoms in total. The largest absolute Gasteiger partial charge is 0.488 e. The topological polar surface area (TPSA) is 93.7 Å². The molecule has 0 heterocycles. The van der Waals surface area contributed by atoms with Gasteiger partial charge in [-0.1, -0.05) is 42.5 Å². The molecule has 0 fully saturated rings. The summed E-state index contributed by atoms with van der Waals surface area (Å²) in [4.78, 5) is 35.8. The number of rotatable bonds is 6. The molecule has 0 spiro atoms. The van der Waals surface area contributed by atoms with Crippen molar-refractivity contribution in [1.29, 1.82) is 0 Å². The van der Waals surface area contributed by atoms with E-state index in [1.807, 2.05) is 30.3 Å². The van der Waals surface area contributed by atoms with Gasteiger partial charge in [0, 0.05) is 5.54 Å². The van der Waals surface area contributed by atoms with E-state index in [0.29, 0.717) is 12.4 Å². The molecular formula is C21H24N2O5. The van der Waals surface area contributed by atoms with Crippen molar-refractivity contribution in [2.24, 2.45) is 0 Å². The van der Waals surface area contributed by atoms with Crippen molar-refractivity contribution >= 4 is 17.9 Å². The summed E-state index contributed by atoms with van der Waals surface area (Å²) in [7, 11) is 0. The normalized spacial score (nSPS) is 10.7. The second-order valence-electron chi connectivity index (χ2n) is 7.10. The molecule has 0 aliphatic carbocycles. The highest BCUT2D eigenvalue weighted by atomic mass is 16.5. The Bertz CT molecular complexity index is 828. The third-order valence-electron chi connectivity index (χ3n) is 3.42. The van der Waals surface area contributed by atoms with Crippen LogP contribution in [0.25, 0.3) is 0 Å². The third kappa shape index (κ3) is 7.11. The maximum absolute atomic E-state index is 12.3. The Hall–Kier alpha value is -3.35. The Balaban J connectivity index is 1.90. The zero-order chi connectivity index (χ0) is 20.6. The molecule has 3 amide bonds. The van der Waals surface area contributed by atoms with Gasteiger partial charge in [-0.15, -0.1) is 0 Å². The van der Waals surface area contributed by atoms with E-state index in [0.717, 1.165) is 5.56 Å². The molecule has 0 aliphatic heterocycles. The molecule has 2 aromatic carbocycles. The zero-order valence-electron chi connectivity index (χ0n) is 16.2. The number of ether oxygens (including phenoxy) is 2. The molecule has 2 N–H and O–H groups in total. The van der Waals surface area contributed by atoms with Crippen LogP contribution in [0.4, 0.5) is 4.79 Å². The molecule has 0 saturated carbocycles. The number of urea groups is 1. The molecule has 0 atom stereocenters. The number of amides is 3. The first-order chi connectivity index (χ1) is 13.2. The number of hydrogen-bond acceptors (Lipinski definition) is 5. The molecule has 0 aliphatic rings. The predicted molar refractivity (Wildman–Crippen MR) is 104 cm³/mol. The molecule has 0 bridgehead atoms. The van der Waals surface area contributed by atoms with Gasteiger partial charge >= 0.3 is 12.0 Å². The zero-order valence-corrected chi connectivity index (χ0v) is 16.2. The summed E-state index contributed by atoms with van der Waals surface area (Å²) in [5, 5.41) is 4.69. The van der Waals surface area contributed by atoms with Crippen LogP contribution in [0.15, 0.2) is 54.6 Å². The first kappa shape index (κ1) is 21.0. The molecule has 2 rings (SSSR count). The molecule has 2 aromatic rings. The third-order valence-corrected chi connectivity index (χ3v) is 3.42. The van der Waals surface area contributed by atoms with E-state index in [1.54, 1.807) is 45.0 Å². The minimum absolute atomic E-state index is 0.199. The predicted octanol–water partition coefficient (Wildman–Crippen LogP) is 3.05. The van der Waals surface area contributed by atoms with E-state index in [1.165, 1.54) is 0 Å². The van der Waals surface area contributed by atoms with Crippen molar-refractivity contribution < 1.29 is 23.9 Å². The van der Waals surface area contributed by atoms with Gasteiger partial charge < -0.3 is 14.8 Å². The summed E-state index contributed by atoms with van der Waals surface area (Å²) in [5.74, 6) is -1.09. The summed E-state index contributed by atoms with van der Waals surface area (Å²) in [5.41, 5.74) is 0.663. The van der Waals surface area contributed by atoms with E-state index >= 15 is 0 Å². The van der Waals surface area contributed by atoms with E-state index in [4.69, 9.17) is 9.47 Å². The second-order valence-corrected chi connectivity index (χ2v) is 7.10. The Morgan fingerprint density at radius 3 is 2.25 bits per heavy atom. The van der Waals surface area contributed by atoms with Crippen LogP contribution in [0.5, 0.6) is 5.75 Å². The number of para-hydroxylation sites is 1. The maximum atomic E-state index is 12.3. The summed E-state index contributed by atoms with van der Waals surface area (Å²) < 4.78 is 10.7. The quantitative estimate of drug-likeness (QED) is 0.747.